The van der Waals surface area contributed by atoms with Crippen LogP contribution in [0.3, 0.4) is 0 Å². The molecule has 4 rings (SSSR count). The van der Waals surface area contributed by atoms with Gasteiger partial charge in [-0.1, -0.05) is 6.08 Å². The lowest BCUT2D eigenvalue weighted by Gasteiger charge is -2.19. The van der Waals surface area contributed by atoms with E-state index in [1.165, 1.54) is 4.57 Å². The van der Waals surface area contributed by atoms with Gasteiger partial charge < -0.3 is 9.64 Å². The molecular weight excluding hydrogens is 344 g/mol. The lowest BCUT2D eigenvalue weighted by atomic mass is 10.2. The summed E-state index contributed by atoms with van der Waals surface area (Å²) in [7, 11) is 0. The summed E-state index contributed by atoms with van der Waals surface area (Å²) in [5.74, 6) is 0.457. The number of aryl methyl sites for hydroxylation is 1. The van der Waals surface area contributed by atoms with Crippen molar-refractivity contribution >= 4 is 28.7 Å². The van der Waals surface area contributed by atoms with Gasteiger partial charge in [-0.05, 0) is 51.7 Å². The van der Waals surface area contributed by atoms with Gasteiger partial charge in [-0.3, -0.25) is 4.79 Å². The van der Waals surface area contributed by atoms with Crippen LogP contribution in [0.2, 0.25) is 0 Å². The molecule has 142 valence electrons. The standard InChI is InChI=1S/C20H24N4O3/c1-12-10-24(19(26)27-20(2,3)4)17-16(12)22-15(9-21-17)14-7-8-23(11-14)18(25)13-5-6-13/h7,9-10,13H,5-6,8,11H2,1-4H3. The third-order valence-electron chi connectivity index (χ3n) is 4.75. The summed E-state index contributed by atoms with van der Waals surface area (Å²) < 4.78 is 6.85. The van der Waals surface area contributed by atoms with Crippen molar-refractivity contribution in [3.05, 3.63) is 29.7 Å². The van der Waals surface area contributed by atoms with Crippen molar-refractivity contribution in [1.29, 1.82) is 0 Å². The van der Waals surface area contributed by atoms with E-state index in [1.54, 1.807) is 12.4 Å². The molecular formula is C20H24N4O3. The van der Waals surface area contributed by atoms with Crippen molar-refractivity contribution in [3.63, 3.8) is 0 Å². The van der Waals surface area contributed by atoms with Crippen LogP contribution in [-0.4, -0.2) is 50.1 Å². The normalized spacial score (nSPS) is 17.3. The number of nitrogens with zero attached hydrogens (tertiary/aromatic N) is 4. The summed E-state index contributed by atoms with van der Waals surface area (Å²) in [4.78, 5) is 35.7. The summed E-state index contributed by atoms with van der Waals surface area (Å²) in [5.41, 5.74) is 3.18. The van der Waals surface area contributed by atoms with Gasteiger partial charge in [-0.2, -0.15) is 0 Å². The fourth-order valence-electron chi connectivity index (χ4n) is 3.24. The monoisotopic (exact) mass is 368 g/mol. The first-order chi connectivity index (χ1) is 12.7. The number of amides is 1. The minimum atomic E-state index is -0.582. The Bertz CT molecular complexity index is 963. The summed E-state index contributed by atoms with van der Waals surface area (Å²) in [6.45, 7) is 8.58. The zero-order valence-corrected chi connectivity index (χ0v) is 16.2. The van der Waals surface area contributed by atoms with Gasteiger partial charge in [0.25, 0.3) is 0 Å². The number of fused-ring (bicyclic) bond motifs is 1. The maximum Gasteiger partial charge on any atom is 0.420 e. The van der Waals surface area contributed by atoms with E-state index in [4.69, 9.17) is 9.72 Å². The van der Waals surface area contributed by atoms with Gasteiger partial charge in [0.05, 0.1) is 11.9 Å². The Labute approximate surface area is 158 Å². The Morgan fingerprint density at radius 3 is 2.67 bits per heavy atom. The van der Waals surface area contributed by atoms with Crippen LogP contribution in [-0.2, 0) is 9.53 Å². The van der Waals surface area contributed by atoms with Crippen LogP contribution in [0.25, 0.3) is 16.7 Å². The van der Waals surface area contributed by atoms with Crippen molar-refractivity contribution in [2.75, 3.05) is 13.1 Å². The van der Waals surface area contributed by atoms with Gasteiger partial charge in [0.2, 0.25) is 5.91 Å². The molecule has 0 radical (unpaired) electrons. The van der Waals surface area contributed by atoms with Crippen LogP contribution in [0, 0.1) is 12.8 Å². The number of hydrogen-bond donors (Lipinski definition) is 0. The summed E-state index contributed by atoms with van der Waals surface area (Å²) in [5, 5.41) is 0. The molecule has 0 N–H and O–H groups in total. The summed E-state index contributed by atoms with van der Waals surface area (Å²) in [6, 6.07) is 0. The summed E-state index contributed by atoms with van der Waals surface area (Å²) >= 11 is 0. The van der Waals surface area contributed by atoms with E-state index < -0.39 is 11.7 Å². The average molecular weight is 368 g/mol. The molecule has 2 aliphatic rings. The van der Waals surface area contributed by atoms with Crippen molar-refractivity contribution in [2.45, 2.75) is 46.1 Å². The van der Waals surface area contributed by atoms with Crippen LogP contribution < -0.4 is 0 Å². The highest BCUT2D eigenvalue weighted by Gasteiger charge is 2.35. The molecule has 7 heteroatoms. The lowest BCUT2D eigenvalue weighted by molar-refractivity contribution is -0.131. The highest BCUT2D eigenvalue weighted by molar-refractivity contribution is 5.89. The quantitative estimate of drug-likeness (QED) is 0.814. The maximum absolute atomic E-state index is 12.4. The molecule has 1 saturated carbocycles. The molecule has 3 heterocycles. The molecule has 1 aliphatic carbocycles. The average Bonchev–Trinajstić information content (AvgIpc) is 3.23. The third kappa shape index (κ3) is 3.46. The van der Waals surface area contributed by atoms with Crippen molar-refractivity contribution < 1.29 is 14.3 Å². The van der Waals surface area contributed by atoms with Crippen molar-refractivity contribution in [1.82, 2.24) is 19.4 Å². The second-order valence-electron chi connectivity index (χ2n) is 8.31. The number of aromatic nitrogens is 3. The number of carbonyl (C=O) groups excluding carboxylic acids is 2. The number of hydrogen-bond acceptors (Lipinski definition) is 5. The second-order valence-corrected chi connectivity index (χ2v) is 8.31. The van der Waals surface area contributed by atoms with E-state index in [2.05, 4.69) is 4.98 Å². The highest BCUT2D eigenvalue weighted by Crippen LogP contribution is 2.33. The van der Waals surface area contributed by atoms with Crippen LogP contribution in [0.4, 0.5) is 4.79 Å². The number of ether oxygens (including phenoxy) is 1. The molecule has 2 aromatic heterocycles. The molecule has 2 aromatic rings. The fraction of sp³-hybridized carbons (Fsp3) is 0.500. The lowest BCUT2D eigenvalue weighted by Crippen LogP contribution is -2.30. The van der Waals surface area contributed by atoms with E-state index in [0.29, 0.717) is 24.3 Å². The zero-order chi connectivity index (χ0) is 19.3. The second kappa shape index (κ2) is 6.18. The Kier molecular flexibility index (Phi) is 4.05. The molecule has 0 unspecified atom stereocenters. The van der Waals surface area contributed by atoms with E-state index >= 15 is 0 Å². The molecule has 1 fully saturated rings. The fourth-order valence-corrected chi connectivity index (χ4v) is 3.24. The Balaban J connectivity index is 1.59. The van der Waals surface area contributed by atoms with Crippen molar-refractivity contribution in [3.8, 4) is 0 Å². The van der Waals surface area contributed by atoms with E-state index in [1.807, 2.05) is 38.7 Å². The predicted molar refractivity (Wildman–Crippen MR) is 101 cm³/mol. The number of rotatable bonds is 2. The van der Waals surface area contributed by atoms with Gasteiger partial charge in [0.1, 0.15) is 11.1 Å². The maximum atomic E-state index is 12.4. The minimum absolute atomic E-state index is 0.219. The third-order valence-corrected chi connectivity index (χ3v) is 4.75. The molecule has 0 spiro atoms. The molecule has 27 heavy (non-hydrogen) atoms. The molecule has 0 bridgehead atoms. The topological polar surface area (TPSA) is 77.3 Å². The molecule has 1 aliphatic heterocycles. The smallest absolute Gasteiger partial charge is 0.420 e. The predicted octanol–water partition coefficient (Wildman–Crippen LogP) is 3.16. The van der Waals surface area contributed by atoms with Crippen LogP contribution >= 0.6 is 0 Å². The number of carbonyl (C=O) groups is 2. The van der Waals surface area contributed by atoms with Crippen LogP contribution in [0.5, 0.6) is 0 Å². The SMILES string of the molecule is Cc1cn(C(=O)OC(C)(C)C)c2ncc(C3=CCN(C(=O)C4CC4)C3)nc12. The van der Waals surface area contributed by atoms with Gasteiger partial charge in [0, 0.05) is 25.2 Å². The van der Waals surface area contributed by atoms with E-state index in [0.717, 1.165) is 29.7 Å². The Hall–Kier alpha value is -2.70. The molecule has 1 amide bonds. The largest absolute Gasteiger partial charge is 0.443 e. The van der Waals surface area contributed by atoms with Crippen LogP contribution in [0.15, 0.2) is 18.5 Å². The Morgan fingerprint density at radius 2 is 2.00 bits per heavy atom. The van der Waals surface area contributed by atoms with Crippen molar-refractivity contribution in [2.24, 2.45) is 5.92 Å². The van der Waals surface area contributed by atoms with Gasteiger partial charge in [0.15, 0.2) is 5.65 Å². The molecule has 0 saturated heterocycles. The first kappa shape index (κ1) is 17.7. The van der Waals surface area contributed by atoms with E-state index in [9.17, 15) is 9.59 Å². The van der Waals surface area contributed by atoms with Gasteiger partial charge >= 0.3 is 6.09 Å². The molecule has 7 nitrogen and oxygen atoms in total. The van der Waals surface area contributed by atoms with Gasteiger partial charge in [-0.25, -0.2) is 19.3 Å². The van der Waals surface area contributed by atoms with Gasteiger partial charge in [-0.15, -0.1) is 0 Å². The minimum Gasteiger partial charge on any atom is -0.443 e. The highest BCUT2D eigenvalue weighted by atomic mass is 16.6. The first-order valence-electron chi connectivity index (χ1n) is 9.29. The molecule has 0 aromatic carbocycles. The first-order valence-corrected chi connectivity index (χ1v) is 9.29. The van der Waals surface area contributed by atoms with E-state index in [-0.39, 0.29) is 11.8 Å². The Morgan fingerprint density at radius 1 is 1.26 bits per heavy atom. The summed E-state index contributed by atoms with van der Waals surface area (Å²) in [6.07, 6.45) is 6.95. The molecule has 0 atom stereocenters. The zero-order valence-electron chi connectivity index (χ0n) is 16.2. The van der Waals surface area contributed by atoms with Crippen LogP contribution in [0.1, 0.15) is 44.9 Å².